The monoisotopic (exact) mass is 214 g/mol. The van der Waals surface area contributed by atoms with Crippen molar-refractivity contribution in [2.45, 2.75) is 0 Å². The zero-order valence-corrected chi connectivity index (χ0v) is 7.84. The van der Waals surface area contributed by atoms with E-state index in [1.165, 1.54) is 0 Å². The van der Waals surface area contributed by atoms with Gasteiger partial charge in [0.05, 0.1) is 6.67 Å². The molecule has 0 aromatic heterocycles. The second-order valence-electron chi connectivity index (χ2n) is 2.79. The molecule has 3 nitrogen and oxygen atoms in total. The van der Waals surface area contributed by atoms with Crippen LogP contribution in [0.1, 0.15) is 0 Å². The first-order chi connectivity index (χ1) is 6.33. The maximum atomic E-state index is 9.75. The highest BCUT2D eigenvalue weighted by molar-refractivity contribution is 6.50. The van der Waals surface area contributed by atoms with Crippen molar-refractivity contribution in [2.75, 3.05) is 26.8 Å². The molecule has 0 unspecified atom stereocenters. The van der Waals surface area contributed by atoms with Crippen LogP contribution in [0.2, 0.25) is 0 Å². The van der Waals surface area contributed by atoms with E-state index in [4.69, 9.17) is 5.73 Å². The average Bonchev–Trinajstić information content (AvgIpc) is 2.32. The molecule has 0 fully saturated rings. The molecule has 84 valence electrons. The van der Waals surface area contributed by atoms with E-state index in [9.17, 15) is 17.3 Å². The molecular formula is C6H13BF4N3-. The van der Waals surface area contributed by atoms with Crippen LogP contribution in [0.3, 0.4) is 0 Å². The minimum atomic E-state index is -6.00. The molecule has 2 N–H and O–H groups in total. The van der Waals surface area contributed by atoms with Crippen molar-refractivity contribution in [2.24, 2.45) is 5.73 Å². The molecule has 14 heavy (non-hydrogen) atoms. The van der Waals surface area contributed by atoms with E-state index >= 15 is 0 Å². The van der Waals surface area contributed by atoms with E-state index < -0.39 is 7.25 Å². The molecule has 0 amide bonds. The first-order valence-corrected chi connectivity index (χ1v) is 4.03. The van der Waals surface area contributed by atoms with Crippen molar-refractivity contribution in [3.05, 3.63) is 12.4 Å². The summed E-state index contributed by atoms with van der Waals surface area (Å²) in [5, 5.41) is 0. The van der Waals surface area contributed by atoms with Crippen molar-refractivity contribution in [3.63, 3.8) is 0 Å². The Kier molecular flexibility index (Phi) is 5.36. The number of nitrogens with two attached hydrogens (primary N) is 1. The Morgan fingerprint density at radius 2 is 1.79 bits per heavy atom. The van der Waals surface area contributed by atoms with E-state index in [2.05, 4.69) is 22.2 Å². The van der Waals surface area contributed by atoms with E-state index in [0.29, 0.717) is 0 Å². The van der Waals surface area contributed by atoms with Gasteiger partial charge in [-0.3, -0.25) is 0 Å². The Balaban J connectivity index is 0.000000292. The van der Waals surface area contributed by atoms with Gasteiger partial charge in [-0.05, 0) is 0 Å². The number of nitrogens with zero attached hydrogens (tertiary/aromatic N) is 2. The summed E-state index contributed by atoms with van der Waals surface area (Å²) in [6, 6.07) is 0. The van der Waals surface area contributed by atoms with E-state index in [1.807, 2.05) is 7.05 Å². The van der Waals surface area contributed by atoms with Gasteiger partial charge in [0.2, 0.25) is 0 Å². The van der Waals surface area contributed by atoms with Crippen molar-refractivity contribution >= 4 is 7.25 Å². The second-order valence-corrected chi connectivity index (χ2v) is 2.79. The largest absolute Gasteiger partial charge is 0.673 e. The summed E-state index contributed by atoms with van der Waals surface area (Å²) in [7, 11) is -3.95. The molecule has 0 bridgehead atoms. The molecule has 1 heterocycles. The lowest BCUT2D eigenvalue weighted by molar-refractivity contribution is 0.302. The topological polar surface area (TPSA) is 32.5 Å². The number of hydrogen-bond donors (Lipinski definition) is 1. The molecule has 8 heteroatoms. The lowest BCUT2D eigenvalue weighted by atomic mass is 10.3. The highest BCUT2D eigenvalue weighted by atomic mass is 19.5. The Labute approximate surface area is 80.3 Å². The fourth-order valence-corrected chi connectivity index (χ4v) is 0.900. The first-order valence-electron chi connectivity index (χ1n) is 4.03. The van der Waals surface area contributed by atoms with Gasteiger partial charge in [-0.15, -0.1) is 0 Å². The van der Waals surface area contributed by atoms with E-state index in [1.54, 1.807) is 0 Å². The highest BCUT2D eigenvalue weighted by Crippen LogP contribution is 2.06. The van der Waals surface area contributed by atoms with Gasteiger partial charge in [-0.1, -0.05) is 0 Å². The molecule has 0 spiro atoms. The summed E-state index contributed by atoms with van der Waals surface area (Å²) < 4.78 is 39.0. The maximum absolute atomic E-state index is 9.75. The second kappa shape index (κ2) is 5.74. The summed E-state index contributed by atoms with van der Waals surface area (Å²) >= 11 is 0. The van der Waals surface area contributed by atoms with Crippen LogP contribution in [-0.2, 0) is 0 Å². The molecule has 0 aromatic carbocycles. The summed E-state index contributed by atoms with van der Waals surface area (Å²) in [6.07, 6.45) is 4.11. The molecule has 1 rings (SSSR count). The molecule has 1 aliphatic rings. The van der Waals surface area contributed by atoms with Crippen LogP contribution in [0, 0.1) is 0 Å². The minimum Gasteiger partial charge on any atom is -0.418 e. The molecule has 1 aliphatic heterocycles. The fraction of sp³-hybridized carbons (Fsp3) is 0.667. The van der Waals surface area contributed by atoms with E-state index in [0.717, 1.165) is 19.8 Å². The maximum Gasteiger partial charge on any atom is 0.673 e. The highest BCUT2D eigenvalue weighted by Gasteiger charge is 2.20. The quantitative estimate of drug-likeness (QED) is 0.548. The van der Waals surface area contributed by atoms with Crippen molar-refractivity contribution < 1.29 is 17.3 Å². The lowest BCUT2D eigenvalue weighted by Gasteiger charge is -2.16. The summed E-state index contributed by atoms with van der Waals surface area (Å²) in [6.45, 7) is 2.68. The smallest absolute Gasteiger partial charge is 0.418 e. The fourth-order valence-electron chi connectivity index (χ4n) is 0.900. The number of halogens is 4. The number of rotatable bonds is 2. The molecule has 0 atom stereocenters. The molecule has 0 saturated heterocycles. The molecular weight excluding hydrogens is 201 g/mol. The number of hydrogen-bond acceptors (Lipinski definition) is 3. The van der Waals surface area contributed by atoms with Gasteiger partial charge in [0, 0.05) is 32.5 Å². The van der Waals surface area contributed by atoms with Crippen molar-refractivity contribution in [1.82, 2.24) is 9.80 Å². The van der Waals surface area contributed by atoms with Crippen molar-refractivity contribution in [3.8, 4) is 0 Å². The van der Waals surface area contributed by atoms with Crippen LogP contribution in [-0.4, -0.2) is 43.9 Å². The Morgan fingerprint density at radius 1 is 1.29 bits per heavy atom. The van der Waals surface area contributed by atoms with Crippen LogP contribution in [0.25, 0.3) is 0 Å². The molecule has 0 aromatic rings. The molecule has 0 radical (unpaired) electrons. The third-order valence-electron chi connectivity index (χ3n) is 1.35. The van der Waals surface area contributed by atoms with Gasteiger partial charge >= 0.3 is 7.25 Å². The van der Waals surface area contributed by atoms with Gasteiger partial charge in [0.15, 0.2) is 0 Å². The van der Waals surface area contributed by atoms with Gasteiger partial charge in [-0.2, -0.15) is 0 Å². The summed E-state index contributed by atoms with van der Waals surface area (Å²) in [4.78, 5) is 4.30. The zero-order chi connectivity index (χ0) is 11.2. The Morgan fingerprint density at radius 3 is 2.07 bits per heavy atom. The summed E-state index contributed by atoms with van der Waals surface area (Å²) in [5.74, 6) is 0. The summed E-state index contributed by atoms with van der Waals surface area (Å²) in [5.41, 5.74) is 5.36. The third kappa shape index (κ3) is 9.18. The SMILES string of the molecule is CN1C=CN(CCN)C1.F[B-](F)(F)F. The molecule has 0 aliphatic carbocycles. The van der Waals surface area contributed by atoms with Crippen LogP contribution in [0.15, 0.2) is 12.4 Å². The first kappa shape index (κ1) is 13.1. The van der Waals surface area contributed by atoms with Crippen LogP contribution < -0.4 is 5.73 Å². The predicted octanol–water partition coefficient (Wildman–Crippen LogP) is 0.921. The standard InChI is InChI=1S/C6H13N3.BF4/c1-8-4-5-9(6-8)3-2-7;2-1(3,4)5/h4-5H,2-3,6-7H2,1H3;/q;-1. The van der Waals surface area contributed by atoms with Crippen molar-refractivity contribution in [1.29, 1.82) is 0 Å². The lowest BCUT2D eigenvalue weighted by Crippen LogP contribution is -2.27. The van der Waals surface area contributed by atoms with Gasteiger partial charge in [0.25, 0.3) is 0 Å². The minimum absolute atomic E-state index is 0.734. The van der Waals surface area contributed by atoms with Gasteiger partial charge in [0.1, 0.15) is 0 Å². The molecule has 0 saturated carbocycles. The van der Waals surface area contributed by atoms with Crippen LogP contribution in [0.5, 0.6) is 0 Å². The zero-order valence-electron chi connectivity index (χ0n) is 7.84. The predicted molar refractivity (Wildman–Crippen MR) is 47.7 cm³/mol. The van der Waals surface area contributed by atoms with E-state index in [-0.39, 0.29) is 0 Å². The Bertz CT molecular complexity index is 178. The normalized spacial score (nSPS) is 15.6. The van der Waals surface area contributed by atoms with Crippen LogP contribution in [0.4, 0.5) is 17.3 Å². The Hall–Kier alpha value is -0.915. The van der Waals surface area contributed by atoms with Crippen LogP contribution >= 0.6 is 0 Å². The van der Waals surface area contributed by atoms with Gasteiger partial charge in [-0.25, -0.2) is 0 Å². The van der Waals surface area contributed by atoms with Gasteiger partial charge < -0.3 is 32.8 Å². The third-order valence-corrected chi connectivity index (χ3v) is 1.35. The average molecular weight is 214 g/mol.